The van der Waals surface area contributed by atoms with Gasteiger partial charge >= 0.3 is 0 Å². The lowest BCUT2D eigenvalue weighted by atomic mass is 10.1. The predicted octanol–water partition coefficient (Wildman–Crippen LogP) is 3.80. The number of hydrogen-bond donors (Lipinski definition) is 3. The summed E-state index contributed by atoms with van der Waals surface area (Å²) >= 11 is 5.97. The van der Waals surface area contributed by atoms with Gasteiger partial charge < -0.3 is 15.5 Å². The van der Waals surface area contributed by atoms with E-state index in [2.05, 4.69) is 5.32 Å². The Kier molecular flexibility index (Phi) is 4.02. The van der Waals surface area contributed by atoms with Gasteiger partial charge in [-0.2, -0.15) is 5.26 Å². The summed E-state index contributed by atoms with van der Waals surface area (Å²) in [5, 5.41) is 31.5. The highest BCUT2D eigenvalue weighted by Crippen LogP contribution is 2.30. The van der Waals surface area contributed by atoms with E-state index in [4.69, 9.17) is 16.9 Å². The van der Waals surface area contributed by atoms with E-state index in [1.165, 1.54) is 12.1 Å². The Balaban J connectivity index is 2.21. The summed E-state index contributed by atoms with van der Waals surface area (Å²) in [6.45, 7) is 1.87. The minimum Gasteiger partial charge on any atom is -0.508 e. The van der Waals surface area contributed by atoms with Crippen molar-refractivity contribution in [2.24, 2.45) is 0 Å². The van der Waals surface area contributed by atoms with E-state index < -0.39 is 0 Å². The van der Waals surface area contributed by atoms with Gasteiger partial charge in [0.1, 0.15) is 17.6 Å². The topological polar surface area (TPSA) is 76.3 Å². The summed E-state index contributed by atoms with van der Waals surface area (Å²) in [4.78, 5) is 0. The third-order valence-electron chi connectivity index (χ3n) is 2.95. The molecule has 0 saturated heterocycles. The van der Waals surface area contributed by atoms with Crippen LogP contribution in [0.3, 0.4) is 0 Å². The summed E-state index contributed by atoms with van der Waals surface area (Å²) in [7, 11) is 0. The van der Waals surface area contributed by atoms with Gasteiger partial charge in [0.15, 0.2) is 0 Å². The maximum Gasteiger partial charge on any atom is 0.124 e. The number of phenols is 2. The maximum atomic E-state index is 9.81. The molecule has 3 N–H and O–H groups in total. The van der Waals surface area contributed by atoms with Gasteiger partial charge in [-0.15, -0.1) is 0 Å². The van der Waals surface area contributed by atoms with Gasteiger partial charge in [0, 0.05) is 17.3 Å². The summed E-state index contributed by atoms with van der Waals surface area (Å²) in [5.41, 5.74) is 1.81. The number of nitrogens with one attached hydrogen (secondary N) is 1. The van der Waals surface area contributed by atoms with E-state index in [1.54, 1.807) is 24.3 Å². The predicted molar refractivity (Wildman–Crippen MR) is 78.0 cm³/mol. The first-order valence-corrected chi connectivity index (χ1v) is 6.37. The number of nitrogens with zero attached hydrogens (tertiary/aromatic N) is 1. The third kappa shape index (κ3) is 2.95. The first kappa shape index (κ1) is 14.0. The fourth-order valence-corrected chi connectivity index (χ4v) is 2.14. The van der Waals surface area contributed by atoms with E-state index >= 15 is 0 Å². The Labute approximate surface area is 121 Å². The number of benzene rings is 2. The van der Waals surface area contributed by atoms with Crippen molar-refractivity contribution in [3.8, 4) is 17.6 Å². The number of phenolic OH excluding ortho intramolecular Hbond substituents is 2. The minimum absolute atomic E-state index is 0.0138. The molecule has 0 bridgehead atoms. The molecule has 20 heavy (non-hydrogen) atoms. The SMILES string of the molecule is CC(Nc1ccc(C#N)c(Cl)c1)c1ccc(O)cc1O. The van der Waals surface area contributed by atoms with Crippen molar-refractivity contribution in [1.29, 1.82) is 5.26 Å². The third-order valence-corrected chi connectivity index (χ3v) is 3.27. The standard InChI is InChI=1S/C15H13ClN2O2/c1-9(13-5-4-12(19)7-15(13)20)18-11-3-2-10(8-17)14(16)6-11/h2-7,9,18-20H,1H3. The van der Waals surface area contributed by atoms with Crippen molar-refractivity contribution >= 4 is 17.3 Å². The molecule has 0 heterocycles. The minimum atomic E-state index is -0.181. The van der Waals surface area contributed by atoms with Gasteiger partial charge in [0.2, 0.25) is 0 Å². The highest BCUT2D eigenvalue weighted by atomic mass is 35.5. The Morgan fingerprint density at radius 3 is 2.55 bits per heavy atom. The van der Waals surface area contributed by atoms with Gasteiger partial charge in [-0.1, -0.05) is 11.6 Å². The summed E-state index contributed by atoms with van der Waals surface area (Å²) in [6.07, 6.45) is 0. The van der Waals surface area contributed by atoms with Crippen LogP contribution in [0.5, 0.6) is 11.5 Å². The van der Waals surface area contributed by atoms with Crippen LogP contribution in [0, 0.1) is 11.3 Å². The van der Waals surface area contributed by atoms with Gasteiger partial charge in [-0.05, 0) is 37.3 Å². The molecule has 0 fully saturated rings. The zero-order valence-corrected chi connectivity index (χ0v) is 11.5. The van der Waals surface area contributed by atoms with E-state index in [9.17, 15) is 10.2 Å². The van der Waals surface area contributed by atoms with Crippen molar-refractivity contribution in [2.75, 3.05) is 5.32 Å². The van der Waals surface area contributed by atoms with Crippen LogP contribution in [-0.4, -0.2) is 10.2 Å². The van der Waals surface area contributed by atoms with Crippen molar-refractivity contribution < 1.29 is 10.2 Å². The number of hydrogen-bond acceptors (Lipinski definition) is 4. The lowest BCUT2D eigenvalue weighted by Gasteiger charge is -2.17. The molecule has 5 heteroatoms. The Morgan fingerprint density at radius 2 is 1.95 bits per heavy atom. The van der Waals surface area contributed by atoms with Crippen LogP contribution < -0.4 is 5.32 Å². The second-order valence-corrected chi connectivity index (χ2v) is 4.82. The molecular formula is C15H13ClN2O2. The molecule has 0 saturated carbocycles. The van der Waals surface area contributed by atoms with Crippen LogP contribution in [0.15, 0.2) is 36.4 Å². The molecule has 0 aliphatic rings. The average molecular weight is 289 g/mol. The summed E-state index contributed by atoms with van der Waals surface area (Å²) in [6, 6.07) is 11.3. The Morgan fingerprint density at radius 1 is 1.20 bits per heavy atom. The van der Waals surface area contributed by atoms with Crippen molar-refractivity contribution in [3.05, 3.63) is 52.5 Å². The lowest BCUT2D eigenvalue weighted by molar-refractivity contribution is 0.444. The van der Waals surface area contributed by atoms with Crippen LogP contribution in [0.1, 0.15) is 24.1 Å². The molecule has 0 radical (unpaired) electrons. The molecule has 0 aromatic heterocycles. The fraction of sp³-hybridized carbons (Fsp3) is 0.133. The first-order valence-electron chi connectivity index (χ1n) is 5.99. The quantitative estimate of drug-likeness (QED) is 0.803. The van der Waals surface area contributed by atoms with Gasteiger partial charge in [-0.25, -0.2) is 0 Å². The first-order chi connectivity index (χ1) is 9.51. The molecule has 1 unspecified atom stereocenters. The summed E-state index contributed by atoms with van der Waals surface area (Å²) in [5.74, 6) is 0.0320. The smallest absolute Gasteiger partial charge is 0.124 e. The molecule has 102 valence electrons. The molecule has 1 atom stereocenters. The fourth-order valence-electron chi connectivity index (χ4n) is 1.92. The van der Waals surface area contributed by atoms with Crippen molar-refractivity contribution in [2.45, 2.75) is 13.0 Å². The normalized spacial score (nSPS) is 11.7. The maximum absolute atomic E-state index is 9.81. The molecule has 4 nitrogen and oxygen atoms in total. The van der Waals surface area contributed by atoms with Gasteiger partial charge in [0.25, 0.3) is 0 Å². The molecule has 2 rings (SSSR count). The number of anilines is 1. The lowest BCUT2D eigenvalue weighted by Crippen LogP contribution is -2.06. The van der Waals surface area contributed by atoms with Gasteiger partial charge in [0.05, 0.1) is 16.6 Å². The molecule has 0 amide bonds. The largest absolute Gasteiger partial charge is 0.508 e. The second-order valence-electron chi connectivity index (χ2n) is 4.42. The Bertz CT molecular complexity index is 680. The second kappa shape index (κ2) is 5.72. The van der Waals surface area contributed by atoms with Crippen molar-refractivity contribution in [3.63, 3.8) is 0 Å². The summed E-state index contributed by atoms with van der Waals surface area (Å²) < 4.78 is 0. The Hall–Kier alpha value is -2.38. The van der Waals surface area contributed by atoms with Gasteiger partial charge in [-0.3, -0.25) is 0 Å². The highest BCUT2D eigenvalue weighted by molar-refractivity contribution is 6.32. The average Bonchev–Trinajstić information content (AvgIpc) is 2.38. The zero-order chi connectivity index (χ0) is 14.7. The van der Waals surface area contributed by atoms with Crippen LogP contribution in [0.4, 0.5) is 5.69 Å². The van der Waals surface area contributed by atoms with Crippen LogP contribution in [0.25, 0.3) is 0 Å². The van der Waals surface area contributed by atoms with Crippen LogP contribution in [-0.2, 0) is 0 Å². The number of nitriles is 1. The molecule has 0 aliphatic heterocycles. The van der Waals surface area contributed by atoms with E-state index in [1.807, 2.05) is 13.0 Å². The zero-order valence-electron chi connectivity index (χ0n) is 10.8. The van der Waals surface area contributed by atoms with Crippen LogP contribution >= 0.6 is 11.6 Å². The molecule has 2 aromatic carbocycles. The molecule has 0 spiro atoms. The highest BCUT2D eigenvalue weighted by Gasteiger charge is 2.11. The van der Waals surface area contributed by atoms with E-state index in [-0.39, 0.29) is 17.5 Å². The number of halogens is 1. The molecule has 2 aromatic rings. The van der Waals surface area contributed by atoms with E-state index in [0.717, 1.165) is 5.69 Å². The van der Waals surface area contributed by atoms with E-state index in [0.29, 0.717) is 16.1 Å². The number of aromatic hydroxyl groups is 2. The molecule has 0 aliphatic carbocycles. The monoisotopic (exact) mass is 288 g/mol. The van der Waals surface area contributed by atoms with Crippen LogP contribution in [0.2, 0.25) is 5.02 Å². The van der Waals surface area contributed by atoms with Crippen molar-refractivity contribution in [1.82, 2.24) is 0 Å². The number of rotatable bonds is 3. The molecular weight excluding hydrogens is 276 g/mol.